The Balaban J connectivity index is 1.59. The number of likely N-dealkylation sites (N-methyl/N-ethyl adjacent to an activating group) is 1. The van der Waals surface area contributed by atoms with Crippen LogP contribution in [0, 0.1) is 19.3 Å². The number of pyridine rings is 1. The first-order chi connectivity index (χ1) is 17.4. The van der Waals surface area contributed by atoms with E-state index < -0.39 is 0 Å². The number of benzene rings is 2. The second kappa shape index (κ2) is 9.71. The molecule has 0 amide bonds. The summed E-state index contributed by atoms with van der Waals surface area (Å²) in [6.45, 7) is 13.6. The number of hydrogen-bond acceptors (Lipinski definition) is 4. The second-order valence-electron chi connectivity index (χ2n) is 9.85. The summed E-state index contributed by atoms with van der Waals surface area (Å²) in [5.41, 5.74) is 5.46. The lowest BCUT2D eigenvalue weighted by Crippen LogP contribution is -2.31. The van der Waals surface area contributed by atoms with Gasteiger partial charge < -0.3 is 9.80 Å². The fourth-order valence-electron chi connectivity index (χ4n) is 5.23. The number of nitrogens with one attached hydrogen (secondary N) is 1. The van der Waals surface area contributed by atoms with Crippen molar-refractivity contribution >= 4 is 22.4 Å². The van der Waals surface area contributed by atoms with E-state index in [1.807, 2.05) is 37.3 Å². The third-order valence-corrected chi connectivity index (χ3v) is 7.15. The summed E-state index contributed by atoms with van der Waals surface area (Å²) >= 11 is 0. The van der Waals surface area contributed by atoms with Crippen molar-refractivity contribution in [3.63, 3.8) is 0 Å². The molecule has 0 spiro atoms. The molecule has 0 bridgehead atoms. The Morgan fingerprint density at radius 2 is 2.06 bits per heavy atom. The molecule has 1 aliphatic rings. The summed E-state index contributed by atoms with van der Waals surface area (Å²) in [5, 5.41) is 8.44. The number of anilines is 1. The Labute approximate surface area is 211 Å². The number of aryl methyl sites for hydroxylation is 2. The molecule has 1 fully saturated rings. The number of hydrogen-bond donors (Lipinski definition) is 1. The maximum Gasteiger partial charge on any atom is 0.197 e. The first kappa shape index (κ1) is 24.0. The minimum Gasteiger partial charge on any atom is -0.355 e. The molecule has 2 aromatic carbocycles. The average molecular weight is 483 g/mol. The van der Waals surface area contributed by atoms with E-state index in [0.29, 0.717) is 28.6 Å². The van der Waals surface area contributed by atoms with Crippen molar-refractivity contribution in [2.24, 2.45) is 0 Å². The van der Waals surface area contributed by atoms with Crippen LogP contribution in [0.25, 0.3) is 38.3 Å². The smallest absolute Gasteiger partial charge is 0.197 e. The average Bonchev–Trinajstić information content (AvgIpc) is 3.51. The zero-order valence-corrected chi connectivity index (χ0v) is 21.3. The molecule has 184 valence electrons. The molecule has 3 heterocycles. The van der Waals surface area contributed by atoms with Crippen LogP contribution in [-0.4, -0.2) is 53.3 Å². The van der Waals surface area contributed by atoms with Crippen molar-refractivity contribution < 1.29 is 4.39 Å². The maximum absolute atomic E-state index is 15.4. The highest BCUT2D eigenvalue weighted by molar-refractivity contribution is 6.00. The predicted molar refractivity (Wildman–Crippen MR) is 144 cm³/mol. The van der Waals surface area contributed by atoms with Gasteiger partial charge in [-0.2, -0.15) is 5.10 Å². The van der Waals surface area contributed by atoms with Crippen molar-refractivity contribution in [1.82, 2.24) is 20.1 Å². The number of H-pyrrole nitrogens is 1. The highest BCUT2D eigenvalue weighted by atomic mass is 19.1. The molecule has 5 rings (SSSR count). The normalized spacial score (nSPS) is 15.7. The minimum absolute atomic E-state index is 0.294. The van der Waals surface area contributed by atoms with Crippen LogP contribution in [0.4, 0.5) is 15.9 Å². The number of nitrogens with zero attached hydrogens (tertiary/aromatic N) is 5. The summed E-state index contributed by atoms with van der Waals surface area (Å²) in [5.74, 6) is 0.636. The molecule has 7 heteroatoms. The molecule has 2 aromatic heterocycles. The molecule has 0 saturated carbocycles. The van der Waals surface area contributed by atoms with Gasteiger partial charge in [0.05, 0.1) is 17.8 Å². The van der Waals surface area contributed by atoms with E-state index in [2.05, 4.69) is 45.9 Å². The minimum atomic E-state index is -0.294. The van der Waals surface area contributed by atoms with Gasteiger partial charge in [0.25, 0.3) is 0 Å². The molecule has 6 nitrogen and oxygen atoms in total. The third-order valence-electron chi connectivity index (χ3n) is 7.15. The SMILES string of the molecule is [C-]#[N+]c1cc2[nH]nc(-c3cccc(N4CC[C@H](N(C)C)C4)n3)c2cc1-c1c(C)cc(CCC)cc1F. The predicted octanol–water partition coefficient (Wildman–Crippen LogP) is 6.38. The molecule has 0 unspecified atom stereocenters. The van der Waals surface area contributed by atoms with Gasteiger partial charge >= 0.3 is 0 Å². The van der Waals surface area contributed by atoms with Crippen LogP contribution in [-0.2, 0) is 6.42 Å². The highest BCUT2D eigenvalue weighted by Gasteiger charge is 2.25. The Kier molecular flexibility index (Phi) is 6.46. The van der Waals surface area contributed by atoms with Gasteiger partial charge in [-0.15, -0.1) is 0 Å². The molecule has 1 saturated heterocycles. The zero-order valence-electron chi connectivity index (χ0n) is 21.3. The van der Waals surface area contributed by atoms with Gasteiger partial charge in [0, 0.05) is 30.1 Å². The monoisotopic (exact) mass is 482 g/mol. The number of fused-ring (bicyclic) bond motifs is 1. The Bertz CT molecular complexity index is 1440. The zero-order chi connectivity index (χ0) is 25.4. The van der Waals surface area contributed by atoms with Crippen molar-refractivity contribution in [1.29, 1.82) is 0 Å². The van der Waals surface area contributed by atoms with E-state index in [9.17, 15) is 0 Å². The topological polar surface area (TPSA) is 52.4 Å². The first-order valence-corrected chi connectivity index (χ1v) is 12.5. The molecular formula is C29H31FN6. The van der Waals surface area contributed by atoms with Crippen LogP contribution in [0.1, 0.15) is 30.9 Å². The number of aromatic nitrogens is 3. The molecular weight excluding hydrogens is 451 g/mol. The van der Waals surface area contributed by atoms with Crippen LogP contribution in [0.15, 0.2) is 42.5 Å². The van der Waals surface area contributed by atoms with Crippen LogP contribution >= 0.6 is 0 Å². The summed E-state index contributed by atoms with van der Waals surface area (Å²) in [4.78, 5) is 13.2. The molecule has 4 aromatic rings. The molecule has 1 N–H and O–H groups in total. The lowest BCUT2D eigenvalue weighted by molar-refractivity contribution is 0.315. The van der Waals surface area contributed by atoms with E-state index in [-0.39, 0.29) is 5.82 Å². The van der Waals surface area contributed by atoms with Gasteiger partial charge in [0.15, 0.2) is 5.69 Å². The number of aromatic amines is 1. The van der Waals surface area contributed by atoms with Crippen molar-refractivity contribution in [2.45, 2.75) is 39.2 Å². The molecule has 36 heavy (non-hydrogen) atoms. The van der Waals surface area contributed by atoms with E-state index in [4.69, 9.17) is 11.6 Å². The van der Waals surface area contributed by atoms with Crippen LogP contribution in [0.3, 0.4) is 0 Å². The van der Waals surface area contributed by atoms with Gasteiger partial charge in [-0.05, 0) is 74.8 Å². The number of rotatable bonds is 6. The third kappa shape index (κ3) is 4.33. The van der Waals surface area contributed by atoms with Gasteiger partial charge in [0.1, 0.15) is 17.3 Å². The van der Waals surface area contributed by atoms with Gasteiger partial charge in [-0.25, -0.2) is 14.2 Å². The Morgan fingerprint density at radius 1 is 1.22 bits per heavy atom. The maximum atomic E-state index is 15.4. The van der Waals surface area contributed by atoms with Crippen molar-refractivity contribution in [2.75, 3.05) is 32.1 Å². The Morgan fingerprint density at radius 3 is 2.75 bits per heavy atom. The molecule has 1 atom stereocenters. The van der Waals surface area contributed by atoms with E-state index >= 15 is 4.39 Å². The van der Waals surface area contributed by atoms with E-state index in [0.717, 1.165) is 65.9 Å². The lowest BCUT2D eigenvalue weighted by atomic mass is 9.94. The van der Waals surface area contributed by atoms with E-state index in [1.165, 1.54) is 0 Å². The second-order valence-corrected chi connectivity index (χ2v) is 9.85. The summed E-state index contributed by atoms with van der Waals surface area (Å²) < 4.78 is 15.4. The van der Waals surface area contributed by atoms with Gasteiger partial charge in [-0.1, -0.05) is 31.5 Å². The fraction of sp³-hybridized carbons (Fsp3) is 0.345. The van der Waals surface area contributed by atoms with Gasteiger partial charge in [-0.3, -0.25) is 5.10 Å². The van der Waals surface area contributed by atoms with Crippen LogP contribution < -0.4 is 4.90 Å². The summed E-state index contributed by atoms with van der Waals surface area (Å²) in [7, 11) is 4.23. The van der Waals surface area contributed by atoms with Crippen LogP contribution in [0.2, 0.25) is 0 Å². The van der Waals surface area contributed by atoms with Crippen LogP contribution in [0.5, 0.6) is 0 Å². The summed E-state index contributed by atoms with van der Waals surface area (Å²) in [6, 6.07) is 13.8. The largest absolute Gasteiger partial charge is 0.355 e. The molecule has 0 radical (unpaired) electrons. The van der Waals surface area contributed by atoms with Crippen molar-refractivity contribution in [3.8, 4) is 22.5 Å². The fourth-order valence-corrected chi connectivity index (χ4v) is 5.23. The summed E-state index contributed by atoms with van der Waals surface area (Å²) in [6.07, 6.45) is 2.89. The van der Waals surface area contributed by atoms with Crippen molar-refractivity contribution in [3.05, 3.63) is 70.8 Å². The van der Waals surface area contributed by atoms with Gasteiger partial charge in [0.2, 0.25) is 0 Å². The number of halogens is 1. The Hall–Kier alpha value is -3.76. The molecule has 1 aliphatic heterocycles. The first-order valence-electron chi connectivity index (χ1n) is 12.5. The standard InChI is InChI=1S/C29H31FN6/c1-6-8-19-13-18(2)28(23(30)14-19)21-15-22-26(16-25(21)31-3)33-34-29(22)24-9-7-10-27(32-24)36-12-11-20(17-36)35(4)5/h7,9-10,13-16,20H,6,8,11-12,17H2,1-2,4-5H3,(H,33,34)/t20-/m0/s1. The molecule has 0 aliphatic carbocycles. The lowest BCUT2D eigenvalue weighted by Gasteiger charge is -2.21. The van der Waals surface area contributed by atoms with E-state index in [1.54, 1.807) is 12.1 Å². The quantitative estimate of drug-likeness (QED) is 0.324. The highest BCUT2D eigenvalue weighted by Crippen LogP contribution is 2.40.